The molecule has 1 N–H and O–H groups in total. The van der Waals surface area contributed by atoms with Crippen molar-refractivity contribution in [1.29, 1.82) is 0 Å². The van der Waals surface area contributed by atoms with E-state index >= 15 is 0 Å². The lowest BCUT2D eigenvalue weighted by atomic mass is 10.1. The minimum atomic E-state index is 0.219. The predicted octanol–water partition coefficient (Wildman–Crippen LogP) is 0.703. The molecule has 0 bridgehead atoms. The highest BCUT2D eigenvalue weighted by Crippen LogP contribution is 2.26. The van der Waals surface area contributed by atoms with Gasteiger partial charge in [-0.2, -0.15) is 0 Å². The molecule has 1 saturated heterocycles. The number of carbonyl (C=O) groups excluding carboxylic acids is 1. The molecule has 1 aliphatic heterocycles. The zero-order valence-corrected chi connectivity index (χ0v) is 10.6. The number of amides is 1. The monoisotopic (exact) mass is 240 g/mol. The van der Waals surface area contributed by atoms with Crippen LogP contribution in [0.3, 0.4) is 0 Å². The van der Waals surface area contributed by atoms with Gasteiger partial charge in [-0.1, -0.05) is 12.8 Å². The summed E-state index contributed by atoms with van der Waals surface area (Å²) in [6.45, 7) is 4.63. The maximum atomic E-state index is 12.3. The van der Waals surface area contributed by atoms with Crippen LogP contribution in [0, 0.1) is 5.92 Å². The van der Waals surface area contributed by atoms with Gasteiger partial charge >= 0.3 is 0 Å². The molecule has 2 fully saturated rings. The van der Waals surface area contributed by atoms with Gasteiger partial charge in [0.1, 0.15) is 0 Å². The third-order valence-corrected chi connectivity index (χ3v) is 4.02. The largest absolute Gasteiger partial charge is 0.395 e. The molecule has 0 aromatic heterocycles. The molecule has 1 aliphatic carbocycles. The number of β-amino-alcohol motifs (C(OH)–C–C–N with tert-alkyl or cyclic N) is 1. The van der Waals surface area contributed by atoms with Gasteiger partial charge in [0.25, 0.3) is 0 Å². The van der Waals surface area contributed by atoms with E-state index in [-0.39, 0.29) is 6.61 Å². The third-order valence-electron chi connectivity index (χ3n) is 4.02. The van der Waals surface area contributed by atoms with Crippen molar-refractivity contribution in [3.05, 3.63) is 0 Å². The fraction of sp³-hybridized carbons (Fsp3) is 0.923. The summed E-state index contributed by atoms with van der Waals surface area (Å²) in [7, 11) is 0. The summed E-state index contributed by atoms with van der Waals surface area (Å²) in [5.41, 5.74) is 0. The summed E-state index contributed by atoms with van der Waals surface area (Å²) in [6.07, 6.45) is 5.67. The Morgan fingerprint density at radius 1 is 1.06 bits per heavy atom. The van der Waals surface area contributed by atoms with E-state index in [2.05, 4.69) is 4.90 Å². The minimum Gasteiger partial charge on any atom is -0.395 e. The van der Waals surface area contributed by atoms with Crippen LogP contribution < -0.4 is 0 Å². The van der Waals surface area contributed by atoms with E-state index in [1.807, 2.05) is 4.90 Å². The van der Waals surface area contributed by atoms with Crippen molar-refractivity contribution in [2.75, 3.05) is 39.3 Å². The Morgan fingerprint density at radius 2 is 1.82 bits per heavy atom. The van der Waals surface area contributed by atoms with Crippen LogP contribution in [0.1, 0.15) is 32.1 Å². The van der Waals surface area contributed by atoms with Gasteiger partial charge < -0.3 is 10.0 Å². The summed E-state index contributed by atoms with van der Waals surface area (Å²) in [5.74, 6) is 0.688. The molecular formula is C13H24N2O2. The molecule has 0 radical (unpaired) electrons. The molecule has 1 saturated carbocycles. The molecule has 0 unspecified atom stereocenters. The molecule has 4 nitrogen and oxygen atoms in total. The van der Waals surface area contributed by atoms with Crippen molar-refractivity contribution >= 4 is 5.91 Å². The quantitative estimate of drug-likeness (QED) is 0.790. The standard InChI is InChI=1S/C13H24N2O2/c16-11-10-14-6-3-7-15(9-8-14)13(17)12-4-1-2-5-12/h12,16H,1-11H2. The first-order valence-corrected chi connectivity index (χ1v) is 6.93. The molecule has 2 aliphatic rings. The van der Waals surface area contributed by atoms with E-state index in [1.54, 1.807) is 0 Å². The molecule has 4 heteroatoms. The molecule has 0 atom stereocenters. The van der Waals surface area contributed by atoms with E-state index in [0.29, 0.717) is 11.8 Å². The second kappa shape index (κ2) is 6.36. The number of aliphatic hydroxyl groups excluding tert-OH is 1. The van der Waals surface area contributed by atoms with Crippen LogP contribution in [-0.4, -0.2) is 60.1 Å². The van der Waals surface area contributed by atoms with Crippen molar-refractivity contribution in [3.63, 3.8) is 0 Å². The normalized spacial score (nSPS) is 23.9. The molecule has 2 rings (SSSR count). The van der Waals surface area contributed by atoms with Crippen molar-refractivity contribution in [2.24, 2.45) is 5.92 Å². The summed E-state index contributed by atoms with van der Waals surface area (Å²) in [6, 6.07) is 0. The fourth-order valence-electron chi connectivity index (χ4n) is 2.99. The van der Waals surface area contributed by atoms with Crippen LogP contribution in [0.4, 0.5) is 0 Å². The van der Waals surface area contributed by atoms with Crippen LogP contribution in [0.2, 0.25) is 0 Å². The van der Waals surface area contributed by atoms with Crippen LogP contribution in [0.5, 0.6) is 0 Å². The Morgan fingerprint density at radius 3 is 2.53 bits per heavy atom. The van der Waals surface area contributed by atoms with E-state index < -0.39 is 0 Å². The molecule has 1 amide bonds. The van der Waals surface area contributed by atoms with Crippen LogP contribution in [0.25, 0.3) is 0 Å². The first-order chi connectivity index (χ1) is 8.31. The zero-order valence-electron chi connectivity index (χ0n) is 10.6. The highest BCUT2D eigenvalue weighted by molar-refractivity contribution is 5.79. The summed E-state index contributed by atoms with van der Waals surface area (Å²) in [5, 5.41) is 8.94. The highest BCUT2D eigenvalue weighted by Gasteiger charge is 2.28. The lowest BCUT2D eigenvalue weighted by Crippen LogP contribution is -2.38. The molecule has 98 valence electrons. The summed E-state index contributed by atoms with van der Waals surface area (Å²) >= 11 is 0. The molecule has 17 heavy (non-hydrogen) atoms. The Balaban J connectivity index is 1.83. The fourth-order valence-corrected chi connectivity index (χ4v) is 2.99. The number of nitrogens with zero attached hydrogens (tertiary/aromatic N) is 2. The van der Waals surface area contributed by atoms with Crippen LogP contribution in [0.15, 0.2) is 0 Å². The smallest absolute Gasteiger partial charge is 0.225 e. The van der Waals surface area contributed by atoms with E-state index in [1.165, 1.54) is 12.8 Å². The van der Waals surface area contributed by atoms with Gasteiger partial charge in [-0.05, 0) is 25.8 Å². The second-order valence-electron chi connectivity index (χ2n) is 5.23. The third kappa shape index (κ3) is 3.42. The number of carbonyl (C=O) groups is 1. The molecular weight excluding hydrogens is 216 g/mol. The van der Waals surface area contributed by atoms with Gasteiger partial charge in [-0.25, -0.2) is 0 Å². The van der Waals surface area contributed by atoms with Crippen molar-refractivity contribution in [3.8, 4) is 0 Å². The average molecular weight is 240 g/mol. The van der Waals surface area contributed by atoms with Gasteiger partial charge in [0.2, 0.25) is 5.91 Å². The number of hydrogen-bond donors (Lipinski definition) is 1. The second-order valence-corrected chi connectivity index (χ2v) is 5.23. The maximum Gasteiger partial charge on any atom is 0.225 e. The topological polar surface area (TPSA) is 43.8 Å². The van der Waals surface area contributed by atoms with E-state index in [9.17, 15) is 4.79 Å². The summed E-state index contributed by atoms with van der Waals surface area (Å²) in [4.78, 5) is 16.6. The lowest BCUT2D eigenvalue weighted by Gasteiger charge is -2.24. The van der Waals surface area contributed by atoms with Gasteiger partial charge in [0.05, 0.1) is 6.61 Å². The van der Waals surface area contributed by atoms with Crippen molar-refractivity contribution in [2.45, 2.75) is 32.1 Å². The van der Waals surface area contributed by atoms with Crippen LogP contribution in [-0.2, 0) is 4.79 Å². The van der Waals surface area contributed by atoms with E-state index in [0.717, 1.165) is 52.0 Å². The zero-order chi connectivity index (χ0) is 12.1. The minimum absolute atomic E-state index is 0.219. The number of rotatable bonds is 3. The van der Waals surface area contributed by atoms with Crippen molar-refractivity contribution in [1.82, 2.24) is 9.80 Å². The first kappa shape index (κ1) is 12.8. The molecule has 0 aromatic rings. The Bertz CT molecular complexity index is 252. The van der Waals surface area contributed by atoms with Gasteiger partial charge in [0, 0.05) is 32.1 Å². The molecule has 1 heterocycles. The number of hydrogen-bond acceptors (Lipinski definition) is 3. The predicted molar refractivity (Wildman–Crippen MR) is 66.7 cm³/mol. The SMILES string of the molecule is O=C(C1CCCC1)N1CCCN(CCO)CC1. The Hall–Kier alpha value is -0.610. The highest BCUT2D eigenvalue weighted by atomic mass is 16.3. The summed E-state index contributed by atoms with van der Waals surface area (Å²) < 4.78 is 0. The average Bonchev–Trinajstić information content (AvgIpc) is 2.76. The van der Waals surface area contributed by atoms with E-state index in [4.69, 9.17) is 5.11 Å². The van der Waals surface area contributed by atoms with Gasteiger partial charge in [-0.3, -0.25) is 9.69 Å². The van der Waals surface area contributed by atoms with Gasteiger partial charge in [0.15, 0.2) is 0 Å². The molecule has 0 spiro atoms. The maximum absolute atomic E-state index is 12.3. The lowest BCUT2D eigenvalue weighted by molar-refractivity contribution is -0.135. The van der Waals surface area contributed by atoms with Gasteiger partial charge in [-0.15, -0.1) is 0 Å². The molecule has 0 aromatic carbocycles. The number of aliphatic hydroxyl groups is 1. The van der Waals surface area contributed by atoms with Crippen molar-refractivity contribution < 1.29 is 9.90 Å². The Kier molecular flexibility index (Phi) is 4.80. The van der Waals surface area contributed by atoms with Crippen LogP contribution >= 0.6 is 0 Å². The Labute approximate surface area is 104 Å². The first-order valence-electron chi connectivity index (χ1n) is 6.93.